The van der Waals surface area contributed by atoms with E-state index >= 15 is 0 Å². The Kier molecular flexibility index (Phi) is 9.23. The number of nitrogens with zero attached hydrogens (tertiary/aromatic N) is 3. The molecule has 3 aliphatic rings. The number of amides is 2. The lowest BCUT2D eigenvalue weighted by Crippen LogP contribution is -2.57. The number of ether oxygens (including phenoxy) is 3. The number of carbonyl (C=O) groups is 3. The number of hydrogen-bond donors (Lipinski definition) is 2. The van der Waals surface area contributed by atoms with Crippen LogP contribution in [0.5, 0.6) is 11.6 Å². The number of aliphatic carboxylic acids is 1. The van der Waals surface area contributed by atoms with Gasteiger partial charge in [-0.25, -0.2) is 19.6 Å². The van der Waals surface area contributed by atoms with Gasteiger partial charge in [0, 0.05) is 12.0 Å². The molecule has 2 amide bonds. The number of aromatic nitrogens is 2. The maximum atomic E-state index is 14.2. The summed E-state index contributed by atoms with van der Waals surface area (Å²) >= 11 is 0. The van der Waals surface area contributed by atoms with E-state index in [2.05, 4.69) is 5.32 Å². The van der Waals surface area contributed by atoms with Gasteiger partial charge in [0.2, 0.25) is 11.8 Å². The van der Waals surface area contributed by atoms with Crippen molar-refractivity contribution < 1.29 is 33.7 Å². The summed E-state index contributed by atoms with van der Waals surface area (Å²) in [6.07, 6.45) is 4.35. The molecule has 1 saturated heterocycles. The molecular weight excluding hydrogens is 564 g/mol. The van der Waals surface area contributed by atoms with Gasteiger partial charge in [-0.15, -0.1) is 0 Å². The molecule has 2 fully saturated rings. The molecule has 2 aliphatic heterocycles. The summed E-state index contributed by atoms with van der Waals surface area (Å²) in [6, 6.07) is 3.40. The maximum absolute atomic E-state index is 14.2. The largest absolute Gasteiger partial charge is 0.497 e. The molecule has 0 spiro atoms. The van der Waals surface area contributed by atoms with Gasteiger partial charge in [-0.1, -0.05) is 47.5 Å². The minimum atomic E-state index is -1.13. The Bertz CT molecular complexity index is 1390. The molecule has 11 heteroatoms. The molecule has 1 aromatic heterocycles. The molecule has 1 aromatic carbocycles. The Morgan fingerprint density at radius 3 is 2.57 bits per heavy atom. The zero-order chi connectivity index (χ0) is 31.8. The predicted molar refractivity (Wildman–Crippen MR) is 164 cm³/mol. The second kappa shape index (κ2) is 12.8. The van der Waals surface area contributed by atoms with Gasteiger partial charge in [-0.3, -0.25) is 4.79 Å². The Hall–Kier alpha value is -3.63. The number of nitrogens with one attached hydrogen (secondary N) is 1. The number of carbonyl (C=O) groups excluding carboxylic acids is 2. The Labute approximate surface area is 259 Å². The summed E-state index contributed by atoms with van der Waals surface area (Å²) in [4.78, 5) is 51.2. The molecule has 6 atom stereocenters. The zero-order valence-corrected chi connectivity index (χ0v) is 26.7. The molecule has 0 unspecified atom stereocenters. The Balaban J connectivity index is 1.56. The fraction of sp³-hybridized carbons (Fsp3) is 0.667. The van der Waals surface area contributed by atoms with Crippen molar-refractivity contribution in [2.24, 2.45) is 23.2 Å². The second-order valence-corrected chi connectivity index (χ2v) is 14.0. The van der Waals surface area contributed by atoms with Crippen LogP contribution in [-0.4, -0.2) is 75.9 Å². The van der Waals surface area contributed by atoms with E-state index in [1.165, 1.54) is 4.90 Å². The highest BCUT2D eigenvalue weighted by molar-refractivity contribution is 5.90. The first kappa shape index (κ1) is 31.8. The number of carboxylic acid groups (broad SMARTS) is 1. The van der Waals surface area contributed by atoms with Crippen molar-refractivity contribution in [2.75, 3.05) is 13.7 Å². The van der Waals surface area contributed by atoms with Gasteiger partial charge in [-0.05, 0) is 61.5 Å². The third kappa shape index (κ3) is 7.02. The number of carboxylic acids is 1. The van der Waals surface area contributed by atoms with Crippen molar-refractivity contribution in [3.8, 4) is 11.6 Å². The van der Waals surface area contributed by atoms with Crippen LogP contribution in [0.3, 0.4) is 0 Å². The molecule has 2 bridgehead atoms. The standard InChI is InChI=1S/C33H46N4O7/c1-18(2)14-21-26-17-37(27(21)31(39)40)30(38)28(33(3,4)5)36-32(41)44-25-15-19(25)10-8-7-9-11-23-29(43-26)35-24-16-20(42-6)12-13-22(24)34-23/h12-13,16,18-19,21,25-28H,7-11,14-15,17H2,1-6H3,(H,36,41)(H,39,40)/t19-,21-,25-,26+,27+,28-/m1/s1. The van der Waals surface area contributed by atoms with Gasteiger partial charge in [0.25, 0.3) is 0 Å². The molecule has 1 saturated carbocycles. The average molecular weight is 611 g/mol. The smallest absolute Gasteiger partial charge is 0.408 e. The lowest BCUT2D eigenvalue weighted by Gasteiger charge is -2.35. The van der Waals surface area contributed by atoms with Crippen LogP contribution < -0.4 is 14.8 Å². The number of hydrogen-bond acceptors (Lipinski definition) is 8. The van der Waals surface area contributed by atoms with Crippen molar-refractivity contribution in [3.63, 3.8) is 0 Å². The SMILES string of the molecule is COc1ccc2nc3c(nc2c1)O[C@H]1CN(C(=O)[C@H](C(C)(C)C)NC(=O)O[C@@H]2C[C@H]2CCCCC3)[C@H](C(=O)O)[C@@H]1CC(C)C. The van der Waals surface area contributed by atoms with E-state index in [1.54, 1.807) is 13.2 Å². The monoisotopic (exact) mass is 610 g/mol. The van der Waals surface area contributed by atoms with Gasteiger partial charge >= 0.3 is 12.1 Å². The molecule has 44 heavy (non-hydrogen) atoms. The fourth-order valence-corrected chi connectivity index (χ4v) is 6.60. The highest BCUT2D eigenvalue weighted by atomic mass is 16.6. The van der Waals surface area contributed by atoms with E-state index in [-0.39, 0.29) is 18.6 Å². The summed E-state index contributed by atoms with van der Waals surface area (Å²) in [5, 5.41) is 13.3. The van der Waals surface area contributed by atoms with E-state index in [1.807, 2.05) is 46.8 Å². The molecule has 3 heterocycles. The van der Waals surface area contributed by atoms with Crippen LogP contribution in [0, 0.1) is 23.2 Å². The Morgan fingerprint density at radius 1 is 1.11 bits per heavy atom. The summed E-state index contributed by atoms with van der Waals surface area (Å²) in [7, 11) is 1.59. The van der Waals surface area contributed by atoms with Crippen LogP contribution in [0.25, 0.3) is 11.0 Å². The minimum absolute atomic E-state index is 0.0401. The predicted octanol–water partition coefficient (Wildman–Crippen LogP) is 4.99. The van der Waals surface area contributed by atoms with Crippen molar-refractivity contribution >= 4 is 29.0 Å². The molecule has 5 rings (SSSR count). The second-order valence-electron chi connectivity index (χ2n) is 14.0. The molecule has 240 valence electrons. The van der Waals surface area contributed by atoms with Crippen LogP contribution >= 0.6 is 0 Å². The molecule has 0 radical (unpaired) electrons. The third-order valence-corrected chi connectivity index (χ3v) is 9.02. The van der Waals surface area contributed by atoms with Gasteiger partial charge in [-0.2, -0.15) is 0 Å². The molecular formula is C33H46N4O7. The molecule has 2 aromatic rings. The van der Waals surface area contributed by atoms with Gasteiger partial charge in [0.05, 0.1) is 24.7 Å². The first-order chi connectivity index (χ1) is 20.8. The van der Waals surface area contributed by atoms with E-state index in [0.717, 1.165) is 43.3 Å². The first-order valence-corrected chi connectivity index (χ1v) is 15.9. The average Bonchev–Trinajstić information content (AvgIpc) is 3.58. The van der Waals surface area contributed by atoms with Crippen LogP contribution in [0.2, 0.25) is 0 Å². The first-order valence-electron chi connectivity index (χ1n) is 15.9. The van der Waals surface area contributed by atoms with Crippen molar-refractivity contribution in [1.82, 2.24) is 20.2 Å². The van der Waals surface area contributed by atoms with E-state index in [4.69, 9.17) is 24.2 Å². The molecule has 2 N–H and O–H groups in total. The number of alkyl carbamates (subject to hydrolysis) is 1. The van der Waals surface area contributed by atoms with Crippen LogP contribution in [-0.2, 0) is 20.7 Å². The number of benzene rings is 1. The minimum Gasteiger partial charge on any atom is -0.497 e. The number of aryl methyl sites for hydroxylation is 1. The lowest BCUT2D eigenvalue weighted by atomic mass is 9.85. The quantitative estimate of drug-likeness (QED) is 0.490. The summed E-state index contributed by atoms with van der Waals surface area (Å²) in [6.45, 7) is 9.62. The highest BCUT2D eigenvalue weighted by Crippen LogP contribution is 2.39. The van der Waals surface area contributed by atoms with Crippen LogP contribution in [0.15, 0.2) is 18.2 Å². The highest BCUT2D eigenvalue weighted by Gasteiger charge is 2.52. The number of rotatable bonds is 4. The van der Waals surface area contributed by atoms with Crippen LogP contribution in [0.4, 0.5) is 4.79 Å². The third-order valence-electron chi connectivity index (χ3n) is 9.02. The number of methoxy groups -OCH3 is 1. The van der Waals surface area contributed by atoms with Gasteiger partial charge in [0.15, 0.2) is 0 Å². The lowest BCUT2D eigenvalue weighted by molar-refractivity contribution is -0.151. The topological polar surface area (TPSA) is 140 Å². The van der Waals surface area contributed by atoms with E-state index in [0.29, 0.717) is 35.9 Å². The van der Waals surface area contributed by atoms with Gasteiger partial charge in [0.1, 0.15) is 35.7 Å². The van der Waals surface area contributed by atoms with E-state index in [9.17, 15) is 19.5 Å². The van der Waals surface area contributed by atoms with Crippen LogP contribution in [0.1, 0.15) is 78.8 Å². The molecule has 11 nitrogen and oxygen atoms in total. The molecule has 1 aliphatic carbocycles. The fourth-order valence-electron chi connectivity index (χ4n) is 6.60. The number of fused-ring (bicyclic) bond motifs is 5. The van der Waals surface area contributed by atoms with Crippen molar-refractivity contribution in [1.29, 1.82) is 0 Å². The maximum Gasteiger partial charge on any atom is 0.408 e. The van der Waals surface area contributed by atoms with Crippen molar-refractivity contribution in [3.05, 3.63) is 23.9 Å². The normalized spacial score (nSPS) is 28.2. The summed E-state index contributed by atoms with van der Waals surface area (Å²) in [5.74, 6) is -0.615. The van der Waals surface area contributed by atoms with E-state index < -0.39 is 47.5 Å². The van der Waals surface area contributed by atoms with Crippen molar-refractivity contribution in [2.45, 2.75) is 104 Å². The summed E-state index contributed by atoms with van der Waals surface area (Å²) in [5.41, 5.74) is 1.35. The zero-order valence-electron chi connectivity index (χ0n) is 26.7. The Morgan fingerprint density at radius 2 is 1.89 bits per heavy atom. The van der Waals surface area contributed by atoms with Gasteiger partial charge < -0.3 is 29.5 Å². The summed E-state index contributed by atoms with van der Waals surface area (Å²) < 4.78 is 17.7.